The molecule has 0 aliphatic heterocycles. The lowest BCUT2D eigenvalue weighted by Crippen LogP contribution is -2.07. The highest BCUT2D eigenvalue weighted by Gasteiger charge is 2.11. The molecular weight excluding hydrogens is 221 g/mol. The summed E-state index contributed by atoms with van der Waals surface area (Å²) in [6.45, 7) is 1.82. The fourth-order valence-electron chi connectivity index (χ4n) is 1.57. The molecule has 1 aromatic carbocycles. The van der Waals surface area contributed by atoms with E-state index in [2.05, 4.69) is 15.3 Å². The quantitative estimate of drug-likeness (QED) is 0.855. The topological polar surface area (TPSA) is 58.0 Å². The highest BCUT2D eigenvalue weighted by molar-refractivity contribution is 5.44. The van der Waals surface area contributed by atoms with Crippen LogP contribution in [-0.2, 0) is 0 Å². The average molecular weight is 233 g/mol. The van der Waals surface area contributed by atoms with Crippen LogP contribution in [0.2, 0.25) is 0 Å². The Morgan fingerprint density at radius 2 is 2.00 bits per heavy atom. The van der Waals surface area contributed by atoms with E-state index >= 15 is 0 Å². The maximum absolute atomic E-state index is 13.1. The first-order valence-electron chi connectivity index (χ1n) is 5.17. The van der Waals surface area contributed by atoms with E-state index in [4.69, 9.17) is 0 Å². The lowest BCUT2D eigenvalue weighted by atomic mass is 10.1. The molecule has 0 radical (unpaired) electrons. The summed E-state index contributed by atoms with van der Waals surface area (Å²) in [6.07, 6.45) is 4.65. The molecule has 2 aromatic rings. The molecule has 1 aromatic heterocycles. The van der Waals surface area contributed by atoms with E-state index in [0.717, 1.165) is 0 Å². The number of anilines is 1. The van der Waals surface area contributed by atoms with Crippen LogP contribution in [0.1, 0.15) is 18.5 Å². The Labute approximate surface area is 98.2 Å². The van der Waals surface area contributed by atoms with Gasteiger partial charge in [-0.25, -0.2) is 14.4 Å². The smallest absolute Gasteiger partial charge is 0.123 e. The zero-order chi connectivity index (χ0) is 12.3. The number of benzene rings is 1. The summed E-state index contributed by atoms with van der Waals surface area (Å²) in [4.78, 5) is 7.72. The van der Waals surface area contributed by atoms with Gasteiger partial charge in [-0.15, -0.1) is 0 Å². The molecule has 0 fully saturated rings. The van der Waals surface area contributed by atoms with Crippen molar-refractivity contribution in [2.45, 2.75) is 13.0 Å². The van der Waals surface area contributed by atoms with Gasteiger partial charge in [0, 0.05) is 5.56 Å². The molecule has 0 aliphatic rings. The van der Waals surface area contributed by atoms with Crippen LogP contribution in [0.15, 0.2) is 36.9 Å². The third kappa shape index (κ3) is 2.69. The lowest BCUT2D eigenvalue weighted by Gasteiger charge is -2.16. The second-order valence-electron chi connectivity index (χ2n) is 3.70. The minimum absolute atomic E-state index is 0.0586. The third-order valence-corrected chi connectivity index (χ3v) is 2.40. The van der Waals surface area contributed by atoms with Gasteiger partial charge in [-0.05, 0) is 25.1 Å². The molecule has 0 saturated heterocycles. The Balaban J connectivity index is 2.20. The molecule has 0 aliphatic carbocycles. The summed E-state index contributed by atoms with van der Waals surface area (Å²) in [5.74, 6) is -0.320. The molecule has 0 amide bonds. The maximum atomic E-state index is 13.1. The van der Waals surface area contributed by atoms with Crippen molar-refractivity contribution in [3.05, 3.63) is 48.3 Å². The van der Waals surface area contributed by atoms with Crippen molar-refractivity contribution in [1.82, 2.24) is 9.97 Å². The number of phenols is 1. The number of aromatic nitrogens is 2. The molecule has 1 atom stereocenters. The highest BCUT2D eigenvalue weighted by Crippen LogP contribution is 2.27. The molecule has 4 nitrogen and oxygen atoms in total. The minimum Gasteiger partial charge on any atom is -0.508 e. The summed E-state index contributed by atoms with van der Waals surface area (Å²) < 4.78 is 13.1. The number of hydrogen-bond donors (Lipinski definition) is 2. The molecule has 2 rings (SSSR count). The van der Waals surface area contributed by atoms with Crippen LogP contribution in [-0.4, -0.2) is 15.1 Å². The van der Waals surface area contributed by atoms with E-state index in [1.54, 1.807) is 12.4 Å². The summed E-state index contributed by atoms with van der Waals surface area (Å²) in [5, 5.41) is 12.7. The average Bonchev–Trinajstić information content (AvgIpc) is 2.33. The van der Waals surface area contributed by atoms with E-state index in [-0.39, 0.29) is 17.6 Å². The van der Waals surface area contributed by atoms with Crippen molar-refractivity contribution in [2.24, 2.45) is 0 Å². The number of nitrogens with zero attached hydrogens (tertiary/aromatic N) is 2. The molecule has 88 valence electrons. The predicted molar refractivity (Wildman–Crippen MR) is 62.1 cm³/mol. The van der Waals surface area contributed by atoms with Crippen LogP contribution < -0.4 is 5.32 Å². The van der Waals surface area contributed by atoms with Gasteiger partial charge in [-0.3, -0.25) is 0 Å². The zero-order valence-electron chi connectivity index (χ0n) is 9.26. The van der Waals surface area contributed by atoms with Crippen molar-refractivity contribution in [3.63, 3.8) is 0 Å². The number of phenolic OH excluding ortho intramolecular Hbond substituents is 1. The van der Waals surface area contributed by atoms with E-state index < -0.39 is 0 Å². The Morgan fingerprint density at radius 1 is 1.29 bits per heavy atom. The molecular formula is C12H12FN3O. The molecule has 0 saturated carbocycles. The van der Waals surface area contributed by atoms with Gasteiger partial charge in [0.1, 0.15) is 17.9 Å². The fourth-order valence-corrected chi connectivity index (χ4v) is 1.57. The Kier molecular flexibility index (Phi) is 3.18. The van der Waals surface area contributed by atoms with Crippen molar-refractivity contribution < 1.29 is 9.50 Å². The summed E-state index contributed by atoms with van der Waals surface area (Å²) in [6, 6.07) is 3.62. The van der Waals surface area contributed by atoms with Crippen LogP contribution in [0.5, 0.6) is 5.75 Å². The van der Waals surface area contributed by atoms with Crippen LogP contribution in [0.25, 0.3) is 0 Å². The van der Waals surface area contributed by atoms with Gasteiger partial charge < -0.3 is 10.4 Å². The number of rotatable bonds is 3. The number of aromatic hydroxyl groups is 1. The SMILES string of the molecule is CC(Nc1cncnc1)c1cc(F)ccc1O. The van der Waals surface area contributed by atoms with Gasteiger partial charge in [-0.1, -0.05) is 0 Å². The van der Waals surface area contributed by atoms with Crippen LogP contribution >= 0.6 is 0 Å². The molecule has 1 unspecified atom stereocenters. The lowest BCUT2D eigenvalue weighted by molar-refractivity contribution is 0.462. The standard InChI is InChI=1S/C12H12FN3O/c1-8(16-10-5-14-7-15-6-10)11-4-9(13)2-3-12(11)17/h2-8,16-17H,1H3. The fraction of sp³-hybridized carbons (Fsp3) is 0.167. The second-order valence-corrected chi connectivity index (χ2v) is 3.70. The van der Waals surface area contributed by atoms with E-state index in [0.29, 0.717) is 11.3 Å². The van der Waals surface area contributed by atoms with Gasteiger partial charge in [0.2, 0.25) is 0 Å². The normalized spacial score (nSPS) is 12.1. The molecule has 2 N–H and O–H groups in total. The van der Waals surface area contributed by atoms with E-state index in [9.17, 15) is 9.50 Å². The van der Waals surface area contributed by atoms with Crippen molar-refractivity contribution in [1.29, 1.82) is 0 Å². The van der Waals surface area contributed by atoms with Crippen molar-refractivity contribution in [3.8, 4) is 5.75 Å². The van der Waals surface area contributed by atoms with E-state index in [1.807, 2.05) is 6.92 Å². The molecule has 5 heteroatoms. The van der Waals surface area contributed by atoms with Gasteiger partial charge in [0.05, 0.1) is 24.1 Å². The van der Waals surface area contributed by atoms with E-state index in [1.165, 1.54) is 24.5 Å². The molecule has 0 spiro atoms. The highest BCUT2D eigenvalue weighted by atomic mass is 19.1. The Bertz CT molecular complexity index is 504. The largest absolute Gasteiger partial charge is 0.508 e. The van der Waals surface area contributed by atoms with Crippen LogP contribution in [0, 0.1) is 5.82 Å². The van der Waals surface area contributed by atoms with Gasteiger partial charge in [0.15, 0.2) is 0 Å². The number of nitrogens with one attached hydrogen (secondary N) is 1. The summed E-state index contributed by atoms with van der Waals surface area (Å²) in [7, 11) is 0. The van der Waals surface area contributed by atoms with Crippen molar-refractivity contribution >= 4 is 5.69 Å². The first-order chi connectivity index (χ1) is 8.16. The summed E-state index contributed by atoms with van der Waals surface area (Å²) in [5.41, 5.74) is 1.21. The van der Waals surface area contributed by atoms with Gasteiger partial charge in [-0.2, -0.15) is 0 Å². The summed E-state index contributed by atoms with van der Waals surface area (Å²) >= 11 is 0. The number of hydrogen-bond acceptors (Lipinski definition) is 4. The Hall–Kier alpha value is -2.17. The second kappa shape index (κ2) is 4.78. The minimum atomic E-state index is -0.379. The zero-order valence-corrected chi connectivity index (χ0v) is 9.26. The molecule has 0 bridgehead atoms. The Morgan fingerprint density at radius 3 is 2.71 bits per heavy atom. The third-order valence-electron chi connectivity index (χ3n) is 2.40. The maximum Gasteiger partial charge on any atom is 0.123 e. The monoisotopic (exact) mass is 233 g/mol. The first kappa shape index (κ1) is 11.3. The number of halogens is 1. The van der Waals surface area contributed by atoms with Crippen LogP contribution in [0.3, 0.4) is 0 Å². The van der Waals surface area contributed by atoms with Crippen LogP contribution in [0.4, 0.5) is 10.1 Å². The first-order valence-corrected chi connectivity index (χ1v) is 5.17. The van der Waals surface area contributed by atoms with Gasteiger partial charge >= 0.3 is 0 Å². The van der Waals surface area contributed by atoms with Gasteiger partial charge in [0.25, 0.3) is 0 Å². The van der Waals surface area contributed by atoms with Crippen molar-refractivity contribution in [2.75, 3.05) is 5.32 Å². The molecule has 17 heavy (non-hydrogen) atoms. The molecule has 1 heterocycles. The predicted octanol–water partition coefficient (Wildman–Crippen LogP) is 2.49.